The number of nitrogens with zero attached hydrogens (tertiary/aromatic N) is 4. The highest BCUT2D eigenvalue weighted by molar-refractivity contribution is 5.93. The molecule has 1 N–H and O–H groups in total. The highest BCUT2D eigenvalue weighted by Gasteiger charge is 2.34. The van der Waals surface area contributed by atoms with Crippen molar-refractivity contribution < 1.29 is 19.4 Å². The third-order valence-corrected chi connectivity index (χ3v) is 5.08. The first kappa shape index (κ1) is 26.0. The Labute approximate surface area is 182 Å². The molecule has 2 unspecified atom stereocenters. The number of ether oxygens (including phenoxy) is 1. The van der Waals surface area contributed by atoms with Crippen LogP contribution in [0, 0.1) is 11.8 Å². The van der Waals surface area contributed by atoms with Gasteiger partial charge in [-0.1, -0.05) is 32.9 Å². The van der Waals surface area contributed by atoms with E-state index in [2.05, 4.69) is 45.9 Å². The van der Waals surface area contributed by atoms with Gasteiger partial charge in [-0.3, -0.25) is 5.01 Å². The Kier molecular flexibility index (Phi) is 11.6. The number of rotatable bonds is 15. The predicted molar refractivity (Wildman–Crippen MR) is 124 cm³/mol. The summed E-state index contributed by atoms with van der Waals surface area (Å²) >= 11 is 0. The minimum atomic E-state index is -0.156. The van der Waals surface area contributed by atoms with Crippen LogP contribution in [0.4, 0.5) is 0 Å². The van der Waals surface area contributed by atoms with Crippen molar-refractivity contribution in [3.63, 3.8) is 0 Å². The summed E-state index contributed by atoms with van der Waals surface area (Å²) < 4.78 is 7.12. The molecule has 170 valence electrons. The number of aliphatic hydroxyl groups is 1. The van der Waals surface area contributed by atoms with Gasteiger partial charge in [0.2, 0.25) is 0 Å². The first-order valence-electron chi connectivity index (χ1n) is 10.9. The van der Waals surface area contributed by atoms with Crippen LogP contribution in [0.5, 0.6) is 0 Å². The lowest BCUT2D eigenvalue weighted by Gasteiger charge is -2.29. The quantitative estimate of drug-likeness (QED) is 0.143. The Morgan fingerprint density at radius 1 is 1.40 bits per heavy atom. The summed E-state index contributed by atoms with van der Waals surface area (Å²) in [7, 11) is 0. The maximum absolute atomic E-state index is 9.11. The largest absolute Gasteiger partial charge is 0.392 e. The smallest absolute Gasteiger partial charge is 0.300 e. The average Bonchev–Trinajstić information content (AvgIpc) is 3.07. The monoisotopic (exact) mass is 421 g/mol. The molecular weight excluding hydrogens is 380 g/mol. The Morgan fingerprint density at radius 3 is 2.67 bits per heavy atom. The third kappa shape index (κ3) is 8.03. The van der Waals surface area contributed by atoms with Crippen molar-refractivity contribution in [2.24, 2.45) is 21.9 Å². The molecule has 0 radical (unpaired) electrons. The second-order valence-corrected chi connectivity index (χ2v) is 8.24. The Balaban J connectivity index is 3.09. The lowest BCUT2D eigenvalue weighted by atomic mass is 9.98. The van der Waals surface area contributed by atoms with Crippen molar-refractivity contribution in [2.45, 2.75) is 66.5 Å². The molecule has 0 amide bonds. The molecule has 30 heavy (non-hydrogen) atoms. The van der Waals surface area contributed by atoms with Crippen LogP contribution in [-0.4, -0.2) is 66.7 Å². The number of aliphatic hydroxyl groups excluding tert-OH is 1. The fourth-order valence-corrected chi connectivity index (χ4v) is 3.43. The summed E-state index contributed by atoms with van der Waals surface area (Å²) in [6.45, 7) is 24.3. The van der Waals surface area contributed by atoms with Gasteiger partial charge in [-0.05, 0) is 43.8 Å². The zero-order valence-electron chi connectivity index (χ0n) is 19.6. The second kappa shape index (κ2) is 13.3. The summed E-state index contributed by atoms with van der Waals surface area (Å²) in [6.07, 6.45) is 3.13. The van der Waals surface area contributed by atoms with Gasteiger partial charge in [0.15, 0.2) is 6.72 Å². The van der Waals surface area contributed by atoms with E-state index in [0.29, 0.717) is 25.0 Å². The van der Waals surface area contributed by atoms with Gasteiger partial charge in [-0.25, -0.2) is 4.84 Å². The van der Waals surface area contributed by atoms with E-state index >= 15 is 0 Å². The summed E-state index contributed by atoms with van der Waals surface area (Å²) in [4.78, 5) is 10.7. The number of hydrogen-bond donors (Lipinski definition) is 1. The summed E-state index contributed by atoms with van der Waals surface area (Å²) in [5.41, 5.74) is 2.83. The molecule has 0 aliphatic carbocycles. The lowest BCUT2D eigenvalue weighted by Crippen LogP contribution is -2.28. The van der Waals surface area contributed by atoms with Gasteiger partial charge in [-0.15, -0.1) is 0 Å². The summed E-state index contributed by atoms with van der Waals surface area (Å²) in [6, 6.07) is 0. The number of hydroxylamine groups is 1. The number of allylic oxidation sites excluding steroid dienone is 1. The van der Waals surface area contributed by atoms with E-state index in [1.807, 2.05) is 18.9 Å². The highest BCUT2D eigenvalue weighted by Crippen LogP contribution is 2.28. The average molecular weight is 422 g/mol. The zero-order chi connectivity index (χ0) is 22.7. The SMILES string of the molecule is C=NN(CC(C)C)C(=C(C)C1=NC(CCCC(=C)CO)[N+](=C)O1)C(C)CCOCC. The molecular formula is C23H41N4O3+. The van der Waals surface area contributed by atoms with Crippen LogP contribution in [0.3, 0.4) is 0 Å². The first-order valence-corrected chi connectivity index (χ1v) is 10.9. The van der Waals surface area contributed by atoms with E-state index in [0.717, 1.165) is 49.1 Å². The second-order valence-electron chi connectivity index (χ2n) is 8.24. The molecule has 0 aromatic heterocycles. The normalized spacial score (nSPS) is 18.0. The fraction of sp³-hybridized carbons (Fsp3) is 0.696. The molecule has 1 heterocycles. The van der Waals surface area contributed by atoms with E-state index in [-0.39, 0.29) is 18.7 Å². The van der Waals surface area contributed by atoms with Crippen LogP contribution < -0.4 is 0 Å². The van der Waals surface area contributed by atoms with Crippen LogP contribution in [0.25, 0.3) is 0 Å². The first-order chi connectivity index (χ1) is 14.2. The van der Waals surface area contributed by atoms with Crippen LogP contribution in [-0.2, 0) is 9.57 Å². The predicted octanol–water partition coefficient (Wildman–Crippen LogP) is 4.00. The molecule has 0 spiro atoms. The molecule has 0 saturated carbocycles. The van der Waals surface area contributed by atoms with Crippen molar-refractivity contribution >= 4 is 19.3 Å². The molecule has 1 rings (SSSR count). The minimum Gasteiger partial charge on any atom is -0.392 e. The van der Waals surface area contributed by atoms with Crippen LogP contribution >= 0.6 is 0 Å². The van der Waals surface area contributed by atoms with Crippen LogP contribution in [0.2, 0.25) is 0 Å². The van der Waals surface area contributed by atoms with E-state index < -0.39 is 0 Å². The molecule has 0 bridgehead atoms. The fourth-order valence-electron chi connectivity index (χ4n) is 3.43. The molecule has 0 saturated heterocycles. The van der Waals surface area contributed by atoms with Crippen molar-refractivity contribution in [1.29, 1.82) is 0 Å². The van der Waals surface area contributed by atoms with Crippen molar-refractivity contribution in [1.82, 2.24) is 5.01 Å². The maximum Gasteiger partial charge on any atom is 0.300 e. The molecule has 0 aromatic carbocycles. The van der Waals surface area contributed by atoms with E-state index in [9.17, 15) is 0 Å². The van der Waals surface area contributed by atoms with Crippen LogP contribution in [0.1, 0.15) is 60.3 Å². The van der Waals surface area contributed by atoms with Gasteiger partial charge >= 0.3 is 5.90 Å². The number of hydrogen-bond acceptors (Lipinski definition) is 6. The highest BCUT2D eigenvalue weighted by atomic mass is 16.7. The Bertz CT molecular complexity index is 655. The minimum absolute atomic E-state index is 0.0227. The summed E-state index contributed by atoms with van der Waals surface area (Å²) in [5, 5.41) is 15.4. The topological polar surface area (TPSA) is 69.7 Å². The third-order valence-electron chi connectivity index (χ3n) is 5.08. The Morgan fingerprint density at radius 2 is 2.10 bits per heavy atom. The van der Waals surface area contributed by atoms with Gasteiger partial charge in [0, 0.05) is 50.1 Å². The van der Waals surface area contributed by atoms with E-state index in [1.54, 1.807) is 4.74 Å². The molecule has 7 nitrogen and oxygen atoms in total. The number of hydrazone groups is 1. The van der Waals surface area contributed by atoms with E-state index in [1.165, 1.54) is 0 Å². The molecule has 0 fully saturated rings. The summed E-state index contributed by atoms with van der Waals surface area (Å²) in [5.74, 6) is 1.21. The molecule has 1 aliphatic heterocycles. The van der Waals surface area contributed by atoms with Gasteiger partial charge in [0.25, 0.3) is 6.17 Å². The maximum atomic E-state index is 9.11. The lowest BCUT2D eigenvalue weighted by molar-refractivity contribution is -0.763. The zero-order valence-corrected chi connectivity index (χ0v) is 19.6. The van der Waals surface area contributed by atoms with Crippen molar-refractivity contribution in [2.75, 3.05) is 26.4 Å². The van der Waals surface area contributed by atoms with Crippen molar-refractivity contribution in [3.05, 3.63) is 23.4 Å². The number of aliphatic imine (C=N–C) groups is 1. The van der Waals surface area contributed by atoms with Gasteiger partial charge in [0.05, 0.1) is 6.61 Å². The van der Waals surface area contributed by atoms with Gasteiger partial charge in [-0.2, -0.15) is 10.1 Å². The molecule has 1 aliphatic rings. The Hall–Kier alpha value is -1.99. The van der Waals surface area contributed by atoms with Gasteiger partial charge in [0.1, 0.15) is 0 Å². The molecule has 0 aromatic rings. The molecule has 2 atom stereocenters. The van der Waals surface area contributed by atoms with Crippen molar-refractivity contribution in [3.8, 4) is 0 Å². The van der Waals surface area contributed by atoms with E-state index in [4.69, 9.17) is 19.7 Å². The van der Waals surface area contributed by atoms with Gasteiger partial charge < -0.3 is 9.84 Å². The standard InChI is InChI=1S/C23H41N4O3/c1-9-29-14-13-19(5)22(27(24-7)15-17(2)3)20(6)23-25-21(26(8)30-23)12-10-11-18(4)16-28/h17,19,21,28H,4,7-16H2,1-3,5-6H3/q+1. The molecule has 7 heteroatoms. The van der Waals surface area contributed by atoms with Crippen LogP contribution in [0.15, 0.2) is 33.5 Å².